The third-order valence-corrected chi connectivity index (χ3v) is 3.91. The number of ether oxygens (including phenoxy) is 1. The lowest BCUT2D eigenvalue weighted by Gasteiger charge is -2.26. The molecule has 1 N–H and O–H groups in total. The van der Waals surface area contributed by atoms with Crippen LogP contribution in [-0.2, 0) is 9.53 Å². The molecule has 0 aromatic rings. The van der Waals surface area contributed by atoms with Crippen molar-refractivity contribution < 1.29 is 9.53 Å². The zero-order valence-electron chi connectivity index (χ0n) is 11.3. The molecule has 1 saturated carbocycles. The van der Waals surface area contributed by atoms with Gasteiger partial charge in [0.1, 0.15) is 18.2 Å². The molecule has 4 heteroatoms. The fraction of sp³-hybridized carbons (Fsp3) is 0.400. The van der Waals surface area contributed by atoms with E-state index in [-0.39, 0.29) is 5.91 Å². The topological polar surface area (TPSA) is 41.6 Å². The van der Waals surface area contributed by atoms with Gasteiger partial charge in [-0.25, -0.2) is 0 Å². The molecule has 0 bridgehead atoms. The van der Waals surface area contributed by atoms with E-state index < -0.39 is 0 Å². The van der Waals surface area contributed by atoms with Crippen LogP contribution >= 0.6 is 0 Å². The van der Waals surface area contributed by atoms with Gasteiger partial charge < -0.3 is 10.1 Å². The summed E-state index contributed by atoms with van der Waals surface area (Å²) in [6, 6.07) is 0. The van der Waals surface area contributed by atoms with E-state index in [9.17, 15) is 4.79 Å². The number of rotatable bonds is 3. The first-order valence-corrected chi connectivity index (χ1v) is 6.51. The largest absolute Gasteiger partial charge is 0.488 e. The Bertz CT molecular complexity index is 542. The van der Waals surface area contributed by atoms with Gasteiger partial charge in [0, 0.05) is 13.1 Å². The van der Waals surface area contributed by atoms with E-state index in [0.717, 1.165) is 17.4 Å². The van der Waals surface area contributed by atoms with Gasteiger partial charge in [0.25, 0.3) is 5.91 Å². The van der Waals surface area contributed by atoms with Gasteiger partial charge in [-0.1, -0.05) is 12.2 Å². The lowest BCUT2D eigenvalue weighted by atomic mass is 10.1. The summed E-state index contributed by atoms with van der Waals surface area (Å²) in [4.78, 5) is 13.1. The minimum Gasteiger partial charge on any atom is -0.488 e. The summed E-state index contributed by atoms with van der Waals surface area (Å²) in [5.74, 6) is 2.83. The van der Waals surface area contributed by atoms with Gasteiger partial charge >= 0.3 is 0 Å². The standard InChI is InChI=1S/C15H18N2O2/c1-9-4-13(5-11-6-14(9)11)19-8-12-7-15(18)17(3)10(2)16-12/h4-5,7,11,14,16H,2,6,8H2,1,3H3. The van der Waals surface area contributed by atoms with E-state index in [2.05, 4.69) is 31.0 Å². The summed E-state index contributed by atoms with van der Waals surface area (Å²) in [6.07, 6.45) is 7.08. The molecule has 100 valence electrons. The third-order valence-electron chi connectivity index (χ3n) is 3.91. The molecule has 4 nitrogen and oxygen atoms in total. The molecule has 1 heterocycles. The van der Waals surface area contributed by atoms with Gasteiger partial charge in [-0.05, 0) is 37.3 Å². The Morgan fingerprint density at radius 1 is 1.53 bits per heavy atom. The fourth-order valence-electron chi connectivity index (χ4n) is 2.53. The summed E-state index contributed by atoms with van der Waals surface area (Å²) >= 11 is 0. The zero-order chi connectivity index (χ0) is 13.6. The molecule has 0 aromatic heterocycles. The highest BCUT2D eigenvalue weighted by Crippen LogP contribution is 2.48. The summed E-state index contributed by atoms with van der Waals surface area (Å²) in [6.45, 7) is 6.31. The average molecular weight is 258 g/mol. The second-order valence-corrected chi connectivity index (χ2v) is 5.39. The molecular weight excluding hydrogens is 240 g/mol. The van der Waals surface area contributed by atoms with Gasteiger partial charge in [0.05, 0.1) is 5.70 Å². The van der Waals surface area contributed by atoms with E-state index in [1.54, 1.807) is 13.1 Å². The first-order valence-electron chi connectivity index (χ1n) is 6.51. The number of allylic oxidation sites excluding steroid dienone is 3. The minimum absolute atomic E-state index is 0.0750. The Balaban J connectivity index is 1.63. The molecular formula is C15H18N2O2. The summed E-state index contributed by atoms with van der Waals surface area (Å²) in [5.41, 5.74) is 2.14. The van der Waals surface area contributed by atoms with Crippen LogP contribution in [0.15, 0.2) is 47.7 Å². The number of likely N-dealkylation sites (N-methyl/N-ethyl adjacent to an activating group) is 1. The van der Waals surface area contributed by atoms with Crippen LogP contribution in [0, 0.1) is 11.8 Å². The van der Waals surface area contributed by atoms with Crippen LogP contribution in [0.25, 0.3) is 0 Å². The van der Waals surface area contributed by atoms with E-state index >= 15 is 0 Å². The summed E-state index contributed by atoms with van der Waals surface area (Å²) in [5, 5.41) is 3.07. The van der Waals surface area contributed by atoms with E-state index in [0.29, 0.717) is 18.3 Å². The monoisotopic (exact) mass is 258 g/mol. The first kappa shape index (κ1) is 12.1. The maximum absolute atomic E-state index is 11.6. The molecule has 0 radical (unpaired) electrons. The molecule has 3 rings (SSSR count). The Labute approximate surface area is 113 Å². The maximum atomic E-state index is 11.6. The number of hydrogen-bond donors (Lipinski definition) is 1. The molecule has 2 atom stereocenters. The van der Waals surface area contributed by atoms with Gasteiger partial charge in [0.15, 0.2) is 0 Å². The molecule has 1 amide bonds. The highest BCUT2D eigenvalue weighted by molar-refractivity contribution is 5.90. The molecule has 1 aliphatic heterocycles. The Morgan fingerprint density at radius 3 is 3.00 bits per heavy atom. The lowest BCUT2D eigenvalue weighted by Crippen LogP contribution is -2.37. The SMILES string of the molecule is C=C1NC(COC2=CC3CC3C(C)=C2)=CC(=O)N1C. The third kappa shape index (κ3) is 2.30. The van der Waals surface area contributed by atoms with Crippen LogP contribution in [0.1, 0.15) is 13.3 Å². The zero-order valence-corrected chi connectivity index (χ0v) is 11.3. The average Bonchev–Trinajstić information content (AvgIpc) is 3.13. The second-order valence-electron chi connectivity index (χ2n) is 5.39. The smallest absolute Gasteiger partial charge is 0.253 e. The molecule has 0 saturated heterocycles. The number of carbonyl (C=O) groups is 1. The van der Waals surface area contributed by atoms with E-state index in [1.165, 1.54) is 16.9 Å². The van der Waals surface area contributed by atoms with Crippen LogP contribution in [0.4, 0.5) is 0 Å². The highest BCUT2D eigenvalue weighted by atomic mass is 16.5. The molecule has 0 spiro atoms. The summed E-state index contributed by atoms with van der Waals surface area (Å²) < 4.78 is 5.76. The van der Waals surface area contributed by atoms with Crippen molar-refractivity contribution in [3.05, 3.63) is 47.7 Å². The first-order chi connectivity index (χ1) is 9.04. The highest BCUT2D eigenvalue weighted by Gasteiger charge is 2.39. The Hall–Kier alpha value is -1.97. The minimum atomic E-state index is -0.0750. The lowest BCUT2D eigenvalue weighted by molar-refractivity contribution is -0.123. The van der Waals surface area contributed by atoms with Gasteiger partial charge in [0.2, 0.25) is 0 Å². The Kier molecular flexibility index (Phi) is 2.73. The molecule has 2 aliphatic carbocycles. The van der Waals surface area contributed by atoms with Crippen molar-refractivity contribution in [2.45, 2.75) is 13.3 Å². The van der Waals surface area contributed by atoms with Crippen LogP contribution in [0.5, 0.6) is 0 Å². The van der Waals surface area contributed by atoms with Crippen molar-refractivity contribution in [2.75, 3.05) is 13.7 Å². The molecule has 2 unspecified atom stereocenters. The number of hydrogen-bond acceptors (Lipinski definition) is 3. The molecule has 0 aromatic carbocycles. The summed E-state index contributed by atoms with van der Waals surface area (Å²) in [7, 11) is 1.69. The fourth-order valence-corrected chi connectivity index (χ4v) is 2.53. The van der Waals surface area contributed by atoms with Crippen LogP contribution < -0.4 is 5.32 Å². The van der Waals surface area contributed by atoms with Crippen molar-refractivity contribution in [3.8, 4) is 0 Å². The van der Waals surface area contributed by atoms with Crippen molar-refractivity contribution in [1.29, 1.82) is 0 Å². The molecule has 3 aliphatic rings. The van der Waals surface area contributed by atoms with Gasteiger partial charge in [-0.15, -0.1) is 0 Å². The quantitative estimate of drug-likeness (QED) is 0.840. The van der Waals surface area contributed by atoms with Crippen LogP contribution in [0.2, 0.25) is 0 Å². The van der Waals surface area contributed by atoms with Gasteiger partial charge in [-0.2, -0.15) is 0 Å². The van der Waals surface area contributed by atoms with E-state index in [1.807, 2.05) is 0 Å². The second kappa shape index (κ2) is 4.30. The number of nitrogens with zero attached hydrogens (tertiary/aromatic N) is 1. The number of fused-ring (bicyclic) bond motifs is 1. The van der Waals surface area contributed by atoms with Crippen molar-refractivity contribution in [2.24, 2.45) is 11.8 Å². The van der Waals surface area contributed by atoms with Crippen molar-refractivity contribution in [1.82, 2.24) is 10.2 Å². The van der Waals surface area contributed by atoms with Crippen molar-refractivity contribution >= 4 is 5.91 Å². The Morgan fingerprint density at radius 2 is 2.32 bits per heavy atom. The normalized spacial score (nSPS) is 28.9. The number of nitrogens with one attached hydrogen (secondary N) is 1. The van der Waals surface area contributed by atoms with Crippen LogP contribution in [-0.4, -0.2) is 24.5 Å². The molecule has 1 fully saturated rings. The van der Waals surface area contributed by atoms with Crippen LogP contribution in [0.3, 0.4) is 0 Å². The van der Waals surface area contributed by atoms with E-state index in [4.69, 9.17) is 4.74 Å². The van der Waals surface area contributed by atoms with Crippen molar-refractivity contribution in [3.63, 3.8) is 0 Å². The predicted octanol–water partition coefficient (Wildman–Crippen LogP) is 1.90. The van der Waals surface area contributed by atoms with Gasteiger partial charge in [-0.3, -0.25) is 9.69 Å². The predicted molar refractivity (Wildman–Crippen MR) is 72.5 cm³/mol. The number of carbonyl (C=O) groups excluding carboxylic acids is 1. The number of amides is 1. The maximum Gasteiger partial charge on any atom is 0.253 e. The molecule has 19 heavy (non-hydrogen) atoms.